The van der Waals surface area contributed by atoms with Crippen molar-refractivity contribution in [1.82, 2.24) is 19.8 Å². The Morgan fingerprint density at radius 2 is 1.85 bits per heavy atom. The van der Waals surface area contributed by atoms with Crippen molar-refractivity contribution in [3.8, 4) is 21.9 Å². The van der Waals surface area contributed by atoms with E-state index in [2.05, 4.69) is 77.5 Å². The van der Waals surface area contributed by atoms with Gasteiger partial charge in [0.05, 0.1) is 25.8 Å². The predicted molar refractivity (Wildman–Crippen MR) is 161 cm³/mol. The Kier molecular flexibility index (Phi) is 8.35. The van der Waals surface area contributed by atoms with Crippen LogP contribution in [0.3, 0.4) is 0 Å². The van der Waals surface area contributed by atoms with Gasteiger partial charge in [0.25, 0.3) is 0 Å². The molecule has 1 saturated heterocycles. The second kappa shape index (κ2) is 11.9. The SMILES string of the molecule is COc1cc2nc(C)nc(NC(C)c3ccc(-c4ccccc4CN4CCCC4CN(C)C)s3)c2cc1OC. The molecule has 3 heterocycles. The molecule has 1 fully saturated rings. The van der Waals surface area contributed by atoms with Gasteiger partial charge in [-0.3, -0.25) is 4.90 Å². The van der Waals surface area contributed by atoms with Crippen molar-refractivity contribution in [2.24, 2.45) is 0 Å². The van der Waals surface area contributed by atoms with E-state index in [1.54, 1.807) is 14.2 Å². The van der Waals surface area contributed by atoms with Crippen LogP contribution in [0.25, 0.3) is 21.3 Å². The molecule has 0 saturated carbocycles. The molecule has 2 atom stereocenters. The zero-order valence-electron chi connectivity index (χ0n) is 23.8. The summed E-state index contributed by atoms with van der Waals surface area (Å²) in [7, 11) is 7.63. The van der Waals surface area contributed by atoms with Crippen molar-refractivity contribution in [3.63, 3.8) is 0 Å². The zero-order chi connectivity index (χ0) is 27.5. The number of fused-ring (bicyclic) bond motifs is 1. The molecule has 0 aliphatic carbocycles. The molecule has 0 amide bonds. The van der Waals surface area contributed by atoms with Gasteiger partial charge in [-0.1, -0.05) is 24.3 Å². The van der Waals surface area contributed by atoms with Gasteiger partial charge in [-0.2, -0.15) is 0 Å². The van der Waals surface area contributed by atoms with E-state index < -0.39 is 0 Å². The number of anilines is 1. The minimum Gasteiger partial charge on any atom is -0.493 e. The van der Waals surface area contributed by atoms with E-state index in [0.29, 0.717) is 23.4 Å². The highest BCUT2D eigenvalue weighted by atomic mass is 32.1. The molecule has 1 N–H and O–H groups in total. The summed E-state index contributed by atoms with van der Waals surface area (Å²) in [6, 6.07) is 17.9. The summed E-state index contributed by atoms with van der Waals surface area (Å²) >= 11 is 1.84. The molecular weight excluding hydrogens is 506 g/mol. The number of methoxy groups -OCH3 is 2. The highest BCUT2D eigenvalue weighted by Gasteiger charge is 2.26. The van der Waals surface area contributed by atoms with Gasteiger partial charge in [-0.05, 0) is 76.7 Å². The lowest BCUT2D eigenvalue weighted by molar-refractivity contribution is 0.201. The lowest BCUT2D eigenvalue weighted by Gasteiger charge is -2.27. The molecule has 2 aromatic carbocycles. The topological polar surface area (TPSA) is 62.8 Å². The summed E-state index contributed by atoms with van der Waals surface area (Å²) in [6.45, 7) is 7.38. The summed E-state index contributed by atoms with van der Waals surface area (Å²) in [5.74, 6) is 2.82. The molecule has 206 valence electrons. The number of likely N-dealkylation sites (N-methyl/N-ethyl adjacent to an activating group) is 1. The Labute approximate surface area is 235 Å². The average molecular weight is 546 g/mol. The Morgan fingerprint density at radius 1 is 1.08 bits per heavy atom. The molecule has 2 aromatic heterocycles. The number of nitrogens with zero attached hydrogens (tertiary/aromatic N) is 4. The van der Waals surface area contributed by atoms with Crippen LogP contribution in [-0.4, -0.2) is 67.2 Å². The number of nitrogens with one attached hydrogen (secondary N) is 1. The maximum Gasteiger partial charge on any atom is 0.162 e. The minimum absolute atomic E-state index is 0.0737. The monoisotopic (exact) mass is 545 g/mol. The van der Waals surface area contributed by atoms with Gasteiger partial charge in [-0.15, -0.1) is 11.3 Å². The van der Waals surface area contributed by atoms with Crippen molar-refractivity contribution in [2.75, 3.05) is 46.7 Å². The van der Waals surface area contributed by atoms with Crippen LogP contribution in [0.15, 0.2) is 48.5 Å². The summed E-state index contributed by atoms with van der Waals surface area (Å²) in [5.41, 5.74) is 3.55. The summed E-state index contributed by atoms with van der Waals surface area (Å²) in [6.07, 6.45) is 2.56. The maximum atomic E-state index is 5.54. The van der Waals surface area contributed by atoms with Crippen LogP contribution in [0, 0.1) is 6.92 Å². The largest absolute Gasteiger partial charge is 0.493 e. The van der Waals surface area contributed by atoms with Crippen LogP contribution in [0.4, 0.5) is 5.82 Å². The highest BCUT2D eigenvalue weighted by molar-refractivity contribution is 7.15. The van der Waals surface area contributed by atoms with Gasteiger partial charge < -0.3 is 19.7 Å². The molecule has 0 radical (unpaired) electrons. The molecule has 1 aliphatic heterocycles. The predicted octanol–water partition coefficient (Wildman–Crippen LogP) is 6.38. The van der Waals surface area contributed by atoms with Crippen LogP contribution in [-0.2, 0) is 6.54 Å². The molecule has 0 spiro atoms. The number of hydrogen-bond donors (Lipinski definition) is 1. The number of benzene rings is 2. The molecule has 0 bridgehead atoms. The molecular formula is C31H39N5O2S. The van der Waals surface area contributed by atoms with Crippen LogP contribution in [0.2, 0.25) is 0 Å². The van der Waals surface area contributed by atoms with Crippen molar-refractivity contribution in [3.05, 3.63) is 64.8 Å². The third kappa shape index (κ3) is 6.03. The average Bonchev–Trinajstić information content (AvgIpc) is 3.58. The Hall–Kier alpha value is -3.20. The number of likely N-dealkylation sites (tertiary alicyclic amines) is 1. The first-order valence-corrected chi connectivity index (χ1v) is 14.4. The number of aromatic nitrogens is 2. The second-order valence-electron chi connectivity index (χ2n) is 10.6. The zero-order valence-corrected chi connectivity index (χ0v) is 24.6. The molecule has 2 unspecified atom stereocenters. The Morgan fingerprint density at radius 3 is 2.62 bits per heavy atom. The Balaban J connectivity index is 1.38. The second-order valence-corrected chi connectivity index (χ2v) is 11.7. The first kappa shape index (κ1) is 27.4. The number of ether oxygens (including phenoxy) is 2. The number of thiophene rings is 1. The van der Waals surface area contributed by atoms with Gasteiger partial charge in [-0.25, -0.2) is 9.97 Å². The van der Waals surface area contributed by atoms with Gasteiger partial charge in [0.2, 0.25) is 0 Å². The van der Waals surface area contributed by atoms with Gasteiger partial charge in [0.15, 0.2) is 11.5 Å². The van der Waals surface area contributed by atoms with Crippen LogP contribution < -0.4 is 14.8 Å². The van der Waals surface area contributed by atoms with Gasteiger partial charge in [0, 0.05) is 40.3 Å². The fraction of sp³-hybridized carbons (Fsp3) is 0.419. The normalized spacial score (nSPS) is 16.6. The minimum atomic E-state index is 0.0737. The third-order valence-corrected chi connectivity index (χ3v) is 8.75. The summed E-state index contributed by atoms with van der Waals surface area (Å²) < 4.78 is 11.0. The van der Waals surface area contributed by atoms with E-state index in [4.69, 9.17) is 14.5 Å². The van der Waals surface area contributed by atoms with Crippen molar-refractivity contribution < 1.29 is 9.47 Å². The quantitative estimate of drug-likeness (QED) is 0.248. The lowest BCUT2D eigenvalue weighted by atomic mass is 10.0. The molecule has 39 heavy (non-hydrogen) atoms. The first-order valence-electron chi connectivity index (χ1n) is 13.6. The third-order valence-electron chi connectivity index (χ3n) is 7.45. The maximum absolute atomic E-state index is 5.54. The fourth-order valence-corrected chi connectivity index (χ4v) is 6.61. The van der Waals surface area contributed by atoms with E-state index in [9.17, 15) is 0 Å². The molecule has 4 aromatic rings. The molecule has 5 rings (SSSR count). The van der Waals surface area contributed by atoms with E-state index in [0.717, 1.165) is 29.8 Å². The first-order chi connectivity index (χ1) is 18.9. The van der Waals surface area contributed by atoms with E-state index in [1.165, 1.54) is 40.3 Å². The van der Waals surface area contributed by atoms with Gasteiger partial charge in [0.1, 0.15) is 11.6 Å². The highest BCUT2D eigenvalue weighted by Crippen LogP contribution is 2.38. The standard InChI is InChI=1S/C31H39N5O2S/c1-20(32-31-25-16-27(37-5)28(38-6)17-26(25)33-21(2)34-31)29-13-14-30(39-29)24-12-8-7-10-22(24)18-36-15-9-11-23(36)19-35(3)4/h7-8,10,12-14,16-17,20,23H,9,11,15,18-19H2,1-6H3,(H,32,33,34). The van der Waals surface area contributed by atoms with Crippen LogP contribution >= 0.6 is 11.3 Å². The summed E-state index contributed by atoms with van der Waals surface area (Å²) in [4.78, 5) is 16.9. The number of aryl methyl sites for hydroxylation is 1. The van der Waals surface area contributed by atoms with Crippen LogP contribution in [0.5, 0.6) is 11.5 Å². The van der Waals surface area contributed by atoms with Crippen molar-refractivity contribution in [1.29, 1.82) is 0 Å². The number of rotatable bonds is 10. The molecule has 7 nitrogen and oxygen atoms in total. The van der Waals surface area contributed by atoms with Gasteiger partial charge >= 0.3 is 0 Å². The molecule has 1 aliphatic rings. The number of hydrogen-bond acceptors (Lipinski definition) is 8. The summed E-state index contributed by atoms with van der Waals surface area (Å²) in [5, 5.41) is 4.55. The molecule has 8 heteroatoms. The fourth-order valence-electron chi connectivity index (χ4n) is 5.54. The van der Waals surface area contributed by atoms with E-state index in [-0.39, 0.29) is 6.04 Å². The van der Waals surface area contributed by atoms with Crippen molar-refractivity contribution >= 4 is 28.1 Å². The smallest absolute Gasteiger partial charge is 0.162 e. The van der Waals surface area contributed by atoms with E-state index in [1.807, 2.05) is 30.4 Å². The van der Waals surface area contributed by atoms with Crippen molar-refractivity contribution in [2.45, 2.75) is 45.3 Å². The Bertz CT molecular complexity index is 1440. The van der Waals surface area contributed by atoms with Crippen LogP contribution in [0.1, 0.15) is 42.1 Å². The van der Waals surface area contributed by atoms with E-state index >= 15 is 0 Å². The lowest BCUT2D eigenvalue weighted by Crippen LogP contribution is -2.37.